The number of carbonyl (C=O) groups is 2. The molecule has 2 N–H and O–H groups in total. The second-order valence-corrected chi connectivity index (χ2v) is 7.66. The van der Waals surface area contributed by atoms with E-state index >= 15 is 0 Å². The molecule has 1 fully saturated rings. The van der Waals surface area contributed by atoms with Crippen LogP contribution < -0.4 is 10.5 Å². The molecule has 0 aliphatic carbocycles. The number of hydrogen-bond donors (Lipinski definition) is 1. The molecule has 1 unspecified atom stereocenters. The van der Waals surface area contributed by atoms with Gasteiger partial charge in [0.15, 0.2) is 5.50 Å². The summed E-state index contributed by atoms with van der Waals surface area (Å²) in [4.78, 5) is 30.3. The van der Waals surface area contributed by atoms with E-state index in [4.69, 9.17) is 5.73 Å². The number of hydrogen-bond acceptors (Lipinski definition) is 5. The molecular weight excluding hydrogens is 409 g/mol. The number of amides is 3. The molecule has 0 aromatic heterocycles. The second-order valence-electron chi connectivity index (χ2n) is 6.60. The van der Waals surface area contributed by atoms with Crippen molar-refractivity contribution in [2.75, 3.05) is 19.6 Å². The fourth-order valence-electron chi connectivity index (χ4n) is 3.38. The molecule has 2 aliphatic heterocycles. The Kier molecular flexibility index (Phi) is 5.87. The first kappa shape index (κ1) is 21.2. The number of primary amides is 1. The summed E-state index contributed by atoms with van der Waals surface area (Å²) in [5.41, 5.74) is 6.54. The summed E-state index contributed by atoms with van der Waals surface area (Å²) in [7, 11) is 0. The third-order valence-electron chi connectivity index (χ3n) is 4.74. The molecule has 0 radical (unpaired) electrons. The van der Waals surface area contributed by atoms with Crippen LogP contribution in [0, 0.1) is 0 Å². The lowest BCUT2D eigenvalue weighted by Gasteiger charge is -2.33. The van der Waals surface area contributed by atoms with Crippen molar-refractivity contribution in [2.24, 2.45) is 5.73 Å². The van der Waals surface area contributed by atoms with Gasteiger partial charge in [-0.15, -0.1) is 13.2 Å². The van der Waals surface area contributed by atoms with Crippen LogP contribution in [-0.4, -0.2) is 58.1 Å². The normalized spacial score (nSPS) is 20.1. The summed E-state index contributed by atoms with van der Waals surface area (Å²) in [6.07, 6.45) is -4.74. The predicted octanol–water partition coefficient (Wildman–Crippen LogP) is 2.89. The number of nitrogens with zero attached hydrogens (tertiary/aromatic N) is 3. The van der Waals surface area contributed by atoms with Crippen LogP contribution in [0.1, 0.15) is 19.4 Å². The average molecular weight is 430 g/mol. The first-order valence-corrected chi connectivity index (χ1v) is 9.83. The zero-order valence-corrected chi connectivity index (χ0v) is 16.7. The maximum Gasteiger partial charge on any atom is 0.573 e. The van der Waals surface area contributed by atoms with Gasteiger partial charge < -0.3 is 20.3 Å². The van der Waals surface area contributed by atoms with E-state index in [0.717, 1.165) is 5.70 Å². The Balaban J connectivity index is 1.65. The Morgan fingerprint density at radius 2 is 1.93 bits per heavy atom. The van der Waals surface area contributed by atoms with E-state index < -0.39 is 12.3 Å². The van der Waals surface area contributed by atoms with Crippen LogP contribution in [0.4, 0.5) is 18.0 Å². The van der Waals surface area contributed by atoms with Crippen molar-refractivity contribution in [3.05, 3.63) is 40.4 Å². The molecule has 1 aromatic carbocycles. The lowest BCUT2D eigenvalue weighted by molar-refractivity contribution is -0.274. The highest BCUT2D eigenvalue weighted by molar-refractivity contribution is 8.04. The first-order chi connectivity index (χ1) is 13.6. The minimum atomic E-state index is -4.74. The molecule has 1 atom stereocenters. The van der Waals surface area contributed by atoms with Gasteiger partial charge in [0.25, 0.3) is 5.91 Å². The fraction of sp³-hybridized carbons (Fsp3) is 0.444. The highest BCUT2D eigenvalue weighted by Gasteiger charge is 2.42. The van der Waals surface area contributed by atoms with Crippen LogP contribution in [0.25, 0.3) is 0 Å². The molecule has 3 rings (SSSR count). The van der Waals surface area contributed by atoms with E-state index in [1.807, 2.05) is 11.8 Å². The van der Waals surface area contributed by atoms with Gasteiger partial charge in [-0.25, -0.2) is 4.79 Å². The largest absolute Gasteiger partial charge is 0.573 e. The van der Waals surface area contributed by atoms with Crippen molar-refractivity contribution >= 4 is 23.7 Å². The Bertz CT molecular complexity index is 829. The van der Waals surface area contributed by atoms with Crippen LogP contribution in [-0.2, 0) is 11.3 Å². The lowest BCUT2D eigenvalue weighted by Crippen LogP contribution is -2.45. The Morgan fingerprint density at radius 1 is 1.28 bits per heavy atom. The van der Waals surface area contributed by atoms with Crippen molar-refractivity contribution in [3.63, 3.8) is 0 Å². The van der Waals surface area contributed by atoms with Gasteiger partial charge in [0.05, 0.1) is 4.91 Å². The number of benzene rings is 1. The number of carbonyl (C=O) groups excluding carboxylic acids is 2. The van der Waals surface area contributed by atoms with Gasteiger partial charge in [-0.3, -0.25) is 9.69 Å². The number of urea groups is 1. The number of alkyl halides is 3. The van der Waals surface area contributed by atoms with Crippen LogP contribution in [0.3, 0.4) is 0 Å². The van der Waals surface area contributed by atoms with Crippen molar-refractivity contribution in [2.45, 2.75) is 32.3 Å². The Labute approximate surface area is 170 Å². The molecule has 1 saturated heterocycles. The zero-order valence-electron chi connectivity index (χ0n) is 15.9. The lowest BCUT2D eigenvalue weighted by atomic mass is 10.2. The van der Waals surface area contributed by atoms with E-state index in [1.165, 1.54) is 36.0 Å². The third-order valence-corrected chi connectivity index (χ3v) is 6.19. The summed E-state index contributed by atoms with van der Waals surface area (Å²) < 4.78 is 40.6. The standard InChI is InChI=1S/C18H21F3N4O3S/c1-3-24-11(2)14(15(22)26)29-17(24)25-9-8-23(16(25)27)10-12-4-6-13(7-5-12)28-18(19,20)21/h4-7,17H,3,8-10H2,1-2H3,(H2,22,26). The molecule has 158 valence electrons. The fourth-order valence-corrected chi connectivity index (χ4v) is 4.75. The van der Waals surface area contributed by atoms with Crippen molar-refractivity contribution in [1.29, 1.82) is 0 Å². The van der Waals surface area contributed by atoms with Gasteiger partial charge in [-0.05, 0) is 31.5 Å². The van der Waals surface area contributed by atoms with E-state index in [2.05, 4.69) is 4.74 Å². The Morgan fingerprint density at radius 3 is 2.48 bits per heavy atom. The number of ether oxygens (including phenoxy) is 1. The Hall–Kier alpha value is -2.56. The van der Waals surface area contributed by atoms with Gasteiger partial charge in [-0.2, -0.15) is 0 Å². The minimum Gasteiger partial charge on any atom is -0.406 e. The maximum atomic E-state index is 12.9. The number of thioether (sulfide) groups is 1. The third kappa shape index (κ3) is 4.55. The van der Waals surface area contributed by atoms with Crippen molar-refractivity contribution in [1.82, 2.24) is 14.7 Å². The minimum absolute atomic E-state index is 0.199. The smallest absolute Gasteiger partial charge is 0.406 e. The number of rotatable bonds is 6. The van der Waals surface area contributed by atoms with Gasteiger partial charge in [0.1, 0.15) is 5.75 Å². The van der Waals surface area contributed by atoms with Crippen LogP contribution in [0.2, 0.25) is 0 Å². The molecule has 1 aromatic rings. The molecule has 2 heterocycles. The van der Waals surface area contributed by atoms with Crippen LogP contribution in [0.15, 0.2) is 34.9 Å². The number of halogens is 3. The molecule has 2 aliphatic rings. The summed E-state index contributed by atoms with van der Waals surface area (Å²) >= 11 is 1.26. The number of nitrogens with two attached hydrogens (primary N) is 1. The molecular formula is C18H21F3N4O3S. The van der Waals surface area contributed by atoms with Crippen molar-refractivity contribution < 1.29 is 27.5 Å². The van der Waals surface area contributed by atoms with Crippen molar-refractivity contribution in [3.8, 4) is 5.75 Å². The molecule has 7 nitrogen and oxygen atoms in total. The maximum absolute atomic E-state index is 12.9. The first-order valence-electron chi connectivity index (χ1n) is 8.95. The van der Waals surface area contributed by atoms with Crippen LogP contribution in [0.5, 0.6) is 5.75 Å². The molecule has 3 amide bonds. The van der Waals surface area contributed by atoms with Gasteiger partial charge in [0, 0.05) is 31.9 Å². The molecule has 0 spiro atoms. The van der Waals surface area contributed by atoms with Crippen LogP contribution >= 0.6 is 11.8 Å². The van der Waals surface area contributed by atoms with E-state index in [-0.39, 0.29) is 23.8 Å². The van der Waals surface area contributed by atoms with Gasteiger partial charge in [-0.1, -0.05) is 23.9 Å². The molecule has 0 bridgehead atoms. The summed E-state index contributed by atoms with van der Waals surface area (Å²) in [6, 6.07) is 5.24. The SMILES string of the molecule is CCN1C(C)=C(C(N)=O)SC1N1CCN(Cc2ccc(OC(F)(F)F)cc2)C1=O. The number of allylic oxidation sites excluding steroid dienone is 1. The molecule has 29 heavy (non-hydrogen) atoms. The summed E-state index contributed by atoms with van der Waals surface area (Å²) in [6.45, 7) is 5.56. The van der Waals surface area contributed by atoms with E-state index in [1.54, 1.807) is 16.7 Å². The molecule has 11 heteroatoms. The van der Waals surface area contributed by atoms with E-state index in [0.29, 0.717) is 30.1 Å². The summed E-state index contributed by atoms with van der Waals surface area (Å²) in [5, 5.41) is 0. The van der Waals surface area contributed by atoms with Gasteiger partial charge in [0.2, 0.25) is 0 Å². The second kappa shape index (κ2) is 8.05. The highest BCUT2D eigenvalue weighted by atomic mass is 32.2. The van der Waals surface area contributed by atoms with E-state index in [9.17, 15) is 22.8 Å². The topological polar surface area (TPSA) is 79.1 Å². The predicted molar refractivity (Wildman–Crippen MR) is 101 cm³/mol. The van der Waals surface area contributed by atoms with Gasteiger partial charge >= 0.3 is 12.4 Å². The summed E-state index contributed by atoms with van der Waals surface area (Å²) in [5.74, 6) is -0.824. The monoisotopic (exact) mass is 430 g/mol. The quantitative estimate of drug-likeness (QED) is 0.751. The average Bonchev–Trinajstić information content (AvgIpc) is 3.15. The molecule has 0 saturated carbocycles. The highest BCUT2D eigenvalue weighted by Crippen LogP contribution is 2.40. The zero-order chi connectivity index (χ0) is 21.3.